The minimum absolute atomic E-state index is 0.0910. The molecule has 2 aliphatic heterocycles. The number of benzene rings is 1. The number of ether oxygens (including phenoxy) is 8. The predicted molar refractivity (Wildman–Crippen MR) is 183 cm³/mol. The molecule has 19 nitrogen and oxygen atoms in total. The van der Waals surface area contributed by atoms with E-state index in [-0.39, 0.29) is 6.61 Å². The highest BCUT2D eigenvalue weighted by Crippen LogP contribution is 2.32. The standard InChI is InChI=1S/C32H38Cl3N3O16/c1-16(39)48-13-21-26(51-17(2)40)27(52-18(3)41)23(36-30(45)50-14-32(33,34)35)29(54-21)49-12-20-24(43)25(44)28(53-20)37-10-9-22(42)38(31(37)46)15-47-11-19-7-5-4-6-8-19/h4-10,20-21,23-29,43-44H,11-15H2,1-3H3,(H,36,45)/t20-,21-,23-,24-,25-,26-,27-,28-,29-/m1/s1. The lowest BCUT2D eigenvalue weighted by molar-refractivity contribution is -0.282. The molecule has 0 spiro atoms. The summed E-state index contributed by atoms with van der Waals surface area (Å²) < 4.78 is 43.7. The van der Waals surface area contributed by atoms with Gasteiger partial charge in [-0.2, -0.15) is 0 Å². The lowest BCUT2D eigenvalue weighted by atomic mass is 9.96. The Morgan fingerprint density at radius 2 is 1.52 bits per heavy atom. The largest absolute Gasteiger partial charge is 0.463 e. The lowest BCUT2D eigenvalue weighted by Crippen LogP contribution is -2.67. The van der Waals surface area contributed by atoms with Gasteiger partial charge in [-0.15, -0.1) is 0 Å². The topological polar surface area (TPSA) is 239 Å². The van der Waals surface area contributed by atoms with Crippen molar-refractivity contribution in [2.45, 2.75) is 93.1 Å². The van der Waals surface area contributed by atoms with Gasteiger partial charge in [0, 0.05) is 33.0 Å². The Morgan fingerprint density at radius 1 is 0.852 bits per heavy atom. The molecule has 3 N–H and O–H groups in total. The number of alkyl carbamates (subject to hydrolysis) is 1. The van der Waals surface area contributed by atoms with Crippen molar-refractivity contribution in [3.63, 3.8) is 0 Å². The summed E-state index contributed by atoms with van der Waals surface area (Å²) >= 11 is 17.1. The first-order chi connectivity index (χ1) is 25.4. The maximum atomic E-state index is 13.4. The van der Waals surface area contributed by atoms with Crippen LogP contribution in [0.1, 0.15) is 32.6 Å². The van der Waals surface area contributed by atoms with Crippen molar-refractivity contribution in [3.05, 3.63) is 69.0 Å². The second-order valence-corrected chi connectivity index (χ2v) is 14.5. The molecule has 22 heteroatoms. The fourth-order valence-corrected chi connectivity index (χ4v) is 5.65. The first-order valence-electron chi connectivity index (χ1n) is 16.1. The summed E-state index contributed by atoms with van der Waals surface area (Å²) in [5, 5.41) is 24.3. The second kappa shape index (κ2) is 19.2. The number of carbonyl (C=O) groups excluding carboxylic acids is 4. The maximum Gasteiger partial charge on any atom is 0.407 e. The van der Waals surface area contributed by atoms with E-state index in [1.807, 2.05) is 6.07 Å². The Bertz CT molecular complexity index is 1740. The van der Waals surface area contributed by atoms with E-state index in [1.54, 1.807) is 24.3 Å². The van der Waals surface area contributed by atoms with E-state index in [0.717, 1.165) is 47.7 Å². The van der Waals surface area contributed by atoms with Gasteiger partial charge in [-0.25, -0.2) is 14.2 Å². The van der Waals surface area contributed by atoms with Crippen molar-refractivity contribution < 1.29 is 67.3 Å². The van der Waals surface area contributed by atoms with Crippen LogP contribution in [0.4, 0.5) is 4.79 Å². The van der Waals surface area contributed by atoms with Crippen LogP contribution in [0, 0.1) is 0 Å². The monoisotopic (exact) mass is 825 g/mol. The molecule has 2 aromatic rings. The minimum atomic E-state index is -2.02. The number of aliphatic hydroxyl groups excluding tert-OH is 2. The van der Waals surface area contributed by atoms with Crippen LogP contribution in [-0.2, 0) is 65.6 Å². The molecule has 2 fully saturated rings. The van der Waals surface area contributed by atoms with Crippen LogP contribution in [0.5, 0.6) is 0 Å². The van der Waals surface area contributed by atoms with E-state index in [4.69, 9.17) is 72.7 Å². The molecular formula is C32H38Cl3N3O16. The summed E-state index contributed by atoms with van der Waals surface area (Å²) in [5.74, 6) is -2.51. The number of halogens is 3. The summed E-state index contributed by atoms with van der Waals surface area (Å²) in [6, 6.07) is 8.48. The highest BCUT2D eigenvalue weighted by Gasteiger charge is 2.53. The van der Waals surface area contributed by atoms with Crippen molar-refractivity contribution in [2.24, 2.45) is 0 Å². The Balaban J connectivity index is 1.57. The van der Waals surface area contributed by atoms with Crippen LogP contribution in [0.3, 0.4) is 0 Å². The number of carbonyl (C=O) groups is 4. The van der Waals surface area contributed by atoms with Crippen LogP contribution in [0.25, 0.3) is 0 Å². The summed E-state index contributed by atoms with van der Waals surface area (Å²) in [6.45, 7) is 0.929. The van der Waals surface area contributed by atoms with Crippen molar-refractivity contribution in [1.82, 2.24) is 14.5 Å². The summed E-state index contributed by atoms with van der Waals surface area (Å²) in [5.41, 5.74) is -0.828. The normalized spacial score (nSPS) is 26.8. The summed E-state index contributed by atoms with van der Waals surface area (Å²) in [6.07, 6.45) is -12.6. The zero-order valence-corrected chi connectivity index (χ0v) is 31.2. The van der Waals surface area contributed by atoms with Gasteiger partial charge in [-0.05, 0) is 5.56 Å². The summed E-state index contributed by atoms with van der Waals surface area (Å²) in [7, 11) is 0. The van der Waals surface area contributed by atoms with Crippen molar-refractivity contribution >= 4 is 58.8 Å². The third-order valence-corrected chi connectivity index (χ3v) is 8.14. The Labute approximate surface area is 321 Å². The van der Waals surface area contributed by atoms with E-state index in [0.29, 0.717) is 0 Å². The number of nitrogens with zero attached hydrogens (tertiary/aromatic N) is 2. The third kappa shape index (κ3) is 11.9. The number of hydrogen-bond acceptors (Lipinski definition) is 16. The van der Waals surface area contributed by atoms with E-state index in [9.17, 15) is 39.0 Å². The number of aliphatic hydroxyl groups is 2. The predicted octanol–water partition coefficient (Wildman–Crippen LogP) is 0.437. The first-order valence-corrected chi connectivity index (χ1v) is 17.3. The van der Waals surface area contributed by atoms with Crippen LogP contribution >= 0.6 is 34.8 Å². The van der Waals surface area contributed by atoms with Gasteiger partial charge in [-0.3, -0.25) is 23.7 Å². The minimum Gasteiger partial charge on any atom is -0.463 e. The number of nitrogens with one attached hydrogen (secondary N) is 1. The molecule has 0 bridgehead atoms. The van der Waals surface area contributed by atoms with E-state index in [2.05, 4.69) is 5.32 Å². The van der Waals surface area contributed by atoms with Crippen LogP contribution in [-0.4, -0.2) is 116 Å². The number of alkyl halides is 3. The van der Waals surface area contributed by atoms with Crippen LogP contribution < -0.4 is 16.6 Å². The molecule has 1 aromatic heterocycles. The second-order valence-electron chi connectivity index (χ2n) is 12.0. The molecule has 2 saturated heterocycles. The number of rotatable bonds is 14. The SMILES string of the molecule is CC(=O)OC[C@H]1O[C@@H](OC[C@H]2O[C@@H](n3ccc(=O)n(COCc4ccccc4)c3=O)[C@H](O)[C@@H]2O)[C@H](NC(=O)OCC(Cl)(Cl)Cl)[C@@H](OC(C)=O)[C@@H]1OC(C)=O. The Morgan fingerprint density at radius 3 is 2.15 bits per heavy atom. The molecule has 9 atom stereocenters. The van der Waals surface area contributed by atoms with E-state index < -0.39 is 121 Å². The Kier molecular flexibility index (Phi) is 15.3. The van der Waals surface area contributed by atoms with Gasteiger partial charge in [0.2, 0.25) is 3.79 Å². The fourth-order valence-electron chi connectivity index (χ4n) is 5.48. The first kappa shape index (κ1) is 42.9. The molecule has 2 aliphatic rings. The third-order valence-electron chi connectivity index (χ3n) is 7.82. The molecular weight excluding hydrogens is 789 g/mol. The van der Waals surface area contributed by atoms with Crippen LogP contribution in [0.15, 0.2) is 52.2 Å². The molecule has 0 saturated carbocycles. The average molecular weight is 827 g/mol. The average Bonchev–Trinajstić information content (AvgIpc) is 3.37. The van der Waals surface area contributed by atoms with Gasteiger partial charge in [-0.1, -0.05) is 65.1 Å². The van der Waals surface area contributed by atoms with E-state index in [1.165, 1.54) is 0 Å². The zero-order valence-electron chi connectivity index (χ0n) is 28.9. The number of amides is 1. The van der Waals surface area contributed by atoms with E-state index >= 15 is 0 Å². The molecule has 1 amide bonds. The molecule has 3 heterocycles. The molecule has 0 aliphatic carbocycles. The highest BCUT2D eigenvalue weighted by atomic mass is 35.6. The molecule has 1 aromatic carbocycles. The fraction of sp³-hybridized carbons (Fsp3) is 0.562. The molecule has 54 heavy (non-hydrogen) atoms. The maximum absolute atomic E-state index is 13.4. The highest BCUT2D eigenvalue weighted by molar-refractivity contribution is 6.67. The van der Waals surface area contributed by atoms with Gasteiger partial charge in [0.25, 0.3) is 5.56 Å². The zero-order chi connectivity index (χ0) is 39.7. The van der Waals surface area contributed by atoms with Crippen molar-refractivity contribution in [1.29, 1.82) is 0 Å². The number of esters is 3. The van der Waals surface area contributed by atoms with Gasteiger partial charge in [0.1, 0.15) is 50.4 Å². The molecule has 0 radical (unpaired) electrons. The van der Waals surface area contributed by atoms with Crippen molar-refractivity contribution in [3.8, 4) is 0 Å². The van der Waals surface area contributed by atoms with Crippen molar-refractivity contribution in [2.75, 3.05) is 19.8 Å². The lowest BCUT2D eigenvalue weighted by Gasteiger charge is -2.45. The van der Waals surface area contributed by atoms with Gasteiger partial charge < -0.3 is 53.4 Å². The van der Waals surface area contributed by atoms with Gasteiger partial charge >= 0.3 is 29.7 Å². The number of hydrogen-bond donors (Lipinski definition) is 3. The summed E-state index contributed by atoms with van der Waals surface area (Å²) in [4.78, 5) is 74.8. The molecule has 298 valence electrons. The Hall–Kier alpha value is -3.79. The quantitative estimate of drug-likeness (QED) is 0.133. The van der Waals surface area contributed by atoms with Crippen LogP contribution in [0.2, 0.25) is 0 Å². The number of aromatic nitrogens is 2. The molecule has 4 rings (SSSR count). The smallest absolute Gasteiger partial charge is 0.407 e. The van der Waals surface area contributed by atoms with Gasteiger partial charge in [0.05, 0.1) is 13.2 Å². The van der Waals surface area contributed by atoms with Gasteiger partial charge in [0.15, 0.2) is 24.7 Å². The molecule has 0 unspecified atom stereocenters.